The number of rotatable bonds is 4. The SMILES string of the molecule is C[C@@H](CCC(=O)O)[C@@H]1CC[C@@H]2[C@@H]3[C@@H](C[C@@H](O)[C@]21C)[C@]1(C)CC[C@H](O)C[C@@H]1CC31NN1. The van der Waals surface area contributed by atoms with Crippen molar-refractivity contribution < 1.29 is 20.1 Å². The predicted molar refractivity (Wildman–Crippen MR) is 113 cm³/mol. The maximum atomic E-state index is 11.6. The smallest absolute Gasteiger partial charge is 0.303 e. The summed E-state index contributed by atoms with van der Waals surface area (Å²) in [6, 6.07) is 0. The van der Waals surface area contributed by atoms with E-state index < -0.39 is 5.97 Å². The molecular weight excluding hydrogens is 380 g/mol. The van der Waals surface area contributed by atoms with E-state index in [-0.39, 0.29) is 35.1 Å². The van der Waals surface area contributed by atoms with Crippen molar-refractivity contribution in [3.63, 3.8) is 0 Å². The molecule has 1 saturated heterocycles. The van der Waals surface area contributed by atoms with Gasteiger partial charge in [-0.05, 0) is 97.7 Å². The standard InChI is InChI=1S/C24H40N2O4/c1-13(4-7-20(29)30)16-5-6-17-21-18(11-19(28)23(16,17)3)22(2)9-8-15(27)10-14(22)12-24(21)25-26-24/h13-19,21,25-28H,4-12H2,1-3H3,(H,29,30)/t13-,14+,15-,16-,17+,18+,19+,21+,22+,23-/m0/s1. The summed E-state index contributed by atoms with van der Waals surface area (Å²) in [5.74, 6) is 1.89. The maximum absolute atomic E-state index is 11.6. The van der Waals surface area contributed by atoms with Gasteiger partial charge in [-0.25, -0.2) is 10.9 Å². The van der Waals surface area contributed by atoms with Crippen LogP contribution in [-0.4, -0.2) is 39.2 Å². The topological polar surface area (TPSA) is 122 Å². The molecule has 10 atom stereocenters. The fourth-order valence-corrected chi connectivity index (χ4v) is 9.13. The molecule has 4 aliphatic carbocycles. The van der Waals surface area contributed by atoms with Crippen LogP contribution in [0.2, 0.25) is 0 Å². The molecule has 4 saturated carbocycles. The second-order valence-electron chi connectivity index (χ2n) is 12.0. The molecule has 5 N–H and O–H groups in total. The van der Waals surface area contributed by atoms with Crippen LogP contribution in [0.15, 0.2) is 0 Å². The van der Waals surface area contributed by atoms with Crippen molar-refractivity contribution in [2.24, 2.45) is 46.3 Å². The molecule has 0 aromatic heterocycles. The van der Waals surface area contributed by atoms with Crippen LogP contribution in [0.4, 0.5) is 0 Å². The van der Waals surface area contributed by atoms with E-state index in [0.29, 0.717) is 41.9 Å². The van der Waals surface area contributed by atoms with Crippen LogP contribution in [0.5, 0.6) is 0 Å². The van der Waals surface area contributed by atoms with E-state index >= 15 is 0 Å². The summed E-state index contributed by atoms with van der Waals surface area (Å²) in [4.78, 5) is 11.1. The normalized spacial score (nSPS) is 52.2. The van der Waals surface area contributed by atoms with Crippen molar-refractivity contribution in [1.29, 1.82) is 0 Å². The zero-order chi connectivity index (χ0) is 21.5. The summed E-state index contributed by atoms with van der Waals surface area (Å²) in [7, 11) is 0. The molecule has 170 valence electrons. The molecule has 30 heavy (non-hydrogen) atoms. The van der Waals surface area contributed by atoms with Gasteiger partial charge in [-0.1, -0.05) is 20.8 Å². The van der Waals surface area contributed by atoms with Gasteiger partial charge in [0.25, 0.3) is 0 Å². The van der Waals surface area contributed by atoms with Crippen molar-refractivity contribution in [2.45, 2.75) is 96.4 Å². The largest absolute Gasteiger partial charge is 0.481 e. The van der Waals surface area contributed by atoms with Gasteiger partial charge >= 0.3 is 5.97 Å². The minimum Gasteiger partial charge on any atom is -0.481 e. The lowest BCUT2D eigenvalue weighted by atomic mass is 9.42. The van der Waals surface area contributed by atoms with Gasteiger partial charge in [0.2, 0.25) is 0 Å². The zero-order valence-corrected chi connectivity index (χ0v) is 18.7. The summed E-state index contributed by atoms with van der Waals surface area (Å²) < 4.78 is 0. The van der Waals surface area contributed by atoms with E-state index in [0.717, 1.165) is 44.9 Å². The maximum Gasteiger partial charge on any atom is 0.303 e. The molecule has 5 fully saturated rings. The summed E-state index contributed by atoms with van der Waals surface area (Å²) in [6.07, 6.45) is 7.37. The molecule has 6 nitrogen and oxygen atoms in total. The highest BCUT2D eigenvalue weighted by atomic mass is 16.4. The van der Waals surface area contributed by atoms with Gasteiger partial charge in [-0.2, -0.15) is 0 Å². The minimum atomic E-state index is -0.720. The molecule has 0 aromatic carbocycles. The Balaban J connectivity index is 1.46. The molecule has 0 radical (unpaired) electrons. The Morgan fingerprint density at radius 3 is 2.50 bits per heavy atom. The second kappa shape index (κ2) is 6.90. The van der Waals surface area contributed by atoms with Gasteiger partial charge < -0.3 is 15.3 Å². The number of carbonyl (C=O) groups is 1. The molecule has 1 heterocycles. The lowest BCUT2D eigenvalue weighted by Crippen LogP contribution is -2.64. The van der Waals surface area contributed by atoms with Crippen LogP contribution < -0.4 is 10.9 Å². The van der Waals surface area contributed by atoms with Crippen LogP contribution in [0.25, 0.3) is 0 Å². The molecule has 5 aliphatic rings. The summed E-state index contributed by atoms with van der Waals surface area (Å²) in [5.41, 5.74) is 7.12. The monoisotopic (exact) mass is 420 g/mol. The molecule has 6 heteroatoms. The Bertz CT molecular complexity index is 711. The number of carboxylic acids is 1. The Labute approximate surface area is 180 Å². The molecule has 1 aliphatic heterocycles. The van der Waals surface area contributed by atoms with E-state index in [4.69, 9.17) is 5.11 Å². The highest BCUT2D eigenvalue weighted by Gasteiger charge is 2.72. The van der Waals surface area contributed by atoms with E-state index in [1.807, 2.05) is 0 Å². The molecule has 1 spiro atoms. The molecule has 5 rings (SSSR count). The first kappa shape index (κ1) is 21.2. The number of carboxylic acid groups (broad SMARTS) is 1. The van der Waals surface area contributed by atoms with Crippen LogP contribution in [0, 0.1) is 46.3 Å². The molecular formula is C24H40N2O4. The molecule has 0 aromatic rings. The third-order valence-electron chi connectivity index (χ3n) is 10.9. The van der Waals surface area contributed by atoms with Crippen LogP contribution >= 0.6 is 0 Å². The number of hydrazine groups is 1. The van der Waals surface area contributed by atoms with Gasteiger partial charge in [-0.15, -0.1) is 0 Å². The third kappa shape index (κ3) is 2.86. The first-order chi connectivity index (χ1) is 14.1. The van der Waals surface area contributed by atoms with E-state index in [2.05, 4.69) is 31.6 Å². The van der Waals surface area contributed by atoms with E-state index in [9.17, 15) is 15.0 Å². The van der Waals surface area contributed by atoms with Gasteiger partial charge in [0, 0.05) is 6.42 Å². The summed E-state index contributed by atoms with van der Waals surface area (Å²) in [6.45, 7) is 6.94. The lowest BCUT2D eigenvalue weighted by Gasteiger charge is -2.64. The van der Waals surface area contributed by atoms with Crippen LogP contribution in [0.1, 0.15) is 78.6 Å². The number of fused-ring (bicyclic) bond motifs is 6. The van der Waals surface area contributed by atoms with Gasteiger partial charge in [-0.3, -0.25) is 4.79 Å². The van der Waals surface area contributed by atoms with Crippen molar-refractivity contribution in [2.75, 3.05) is 0 Å². The van der Waals surface area contributed by atoms with Crippen molar-refractivity contribution in [3.05, 3.63) is 0 Å². The third-order valence-corrected chi connectivity index (χ3v) is 10.9. The molecule has 0 bridgehead atoms. The van der Waals surface area contributed by atoms with Crippen molar-refractivity contribution in [1.82, 2.24) is 10.9 Å². The minimum absolute atomic E-state index is 0.0306. The Kier molecular flexibility index (Phi) is 4.87. The highest BCUT2D eigenvalue weighted by Crippen LogP contribution is 2.70. The Morgan fingerprint density at radius 1 is 1.10 bits per heavy atom. The predicted octanol–water partition coefficient (Wildman–Crippen LogP) is 2.89. The average molecular weight is 421 g/mol. The average Bonchev–Trinajstić information content (AvgIpc) is 3.35. The van der Waals surface area contributed by atoms with Crippen molar-refractivity contribution >= 4 is 5.97 Å². The first-order valence-corrected chi connectivity index (χ1v) is 12.2. The highest BCUT2D eigenvalue weighted by molar-refractivity contribution is 5.66. The summed E-state index contributed by atoms with van der Waals surface area (Å²) in [5, 5.41) is 31.1. The van der Waals surface area contributed by atoms with E-state index in [1.54, 1.807) is 0 Å². The lowest BCUT2D eigenvalue weighted by molar-refractivity contribution is -0.187. The Hall–Kier alpha value is -0.690. The number of aliphatic hydroxyl groups excluding tert-OH is 2. The van der Waals surface area contributed by atoms with Crippen LogP contribution in [-0.2, 0) is 4.79 Å². The molecule has 0 amide bonds. The number of hydrogen-bond donors (Lipinski definition) is 5. The van der Waals surface area contributed by atoms with Crippen LogP contribution in [0.3, 0.4) is 0 Å². The zero-order valence-electron chi connectivity index (χ0n) is 18.7. The number of aliphatic carboxylic acids is 1. The van der Waals surface area contributed by atoms with Crippen molar-refractivity contribution in [3.8, 4) is 0 Å². The first-order valence-electron chi connectivity index (χ1n) is 12.2. The van der Waals surface area contributed by atoms with Gasteiger partial charge in [0.15, 0.2) is 0 Å². The quantitative estimate of drug-likeness (QED) is 0.446. The fraction of sp³-hybridized carbons (Fsp3) is 0.958. The van der Waals surface area contributed by atoms with E-state index in [1.165, 1.54) is 0 Å². The van der Waals surface area contributed by atoms with Gasteiger partial charge in [0.1, 0.15) is 0 Å². The number of hydrogen-bond acceptors (Lipinski definition) is 5. The second-order valence-corrected chi connectivity index (χ2v) is 12.0. The Morgan fingerprint density at radius 2 is 1.83 bits per heavy atom. The molecule has 0 unspecified atom stereocenters. The fourth-order valence-electron chi connectivity index (χ4n) is 9.13. The number of nitrogens with one attached hydrogen (secondary N) is 2. The number of aliphatic hydroxyl groups is 2. The summed E-state index contributed by atoms with van der Waals surface area (Å²) >= 11 is 0. The van der Waals surface area contributed by atoms with Gasteiger partial charge in [0.05, 0.1) is 17.9 Å².